The quantitative estimate of drug-likeness (QED) is 0.0217. The third-order valence-corrected chi connectivity index (χ3v) is 10.5. The van der Waals surface area contributed by atoms with Gasteiger partial charge in [-0.05, 0) is 44.9 Å². The summed E-state index contributed by atoms with van der Waals surface area (Å²) in [6.07, 6.45) is 44.6. The van der Waals surface area contributed by atoms with E-state index in [9.17, 15) is 14.3 Å². The van der Waals surface area contributed by atoms with Crippen molar-refractivity contribution in [2.24, 2.45) is 0 Å². The van der Waals surface area contributed by atoms with E-state index in [2.05, 4.69) is 50.3 Å². The fraction of sp³-hybridized carbons (Fsp3) is 0.844. The molecule has 0 saturated heterocycles. The minimum Gasteiger partial charge on any atom is -0.457 e. The second-order valence-electron chi connectivity index (χ2n) is 16.1. The average Bonchev–Trinajstić information content (AvgIpc) is 3.12. The van der Waals surface area contributed by atoms with E-state index in [1.165, 1.54) is 96.3 Å². The fourth-order valence-corrected chi connectivity index (χ4v) is 6.78. The minimum absolute atomic E-state index is 0.0857. The number of allylic oxidation sites excluding steroid dienone is 6. The number of ether oxygens (including phenoxy) is 2. The van der Waals surface area contributed by atoms with Crippen LogP contribution in [-0.2, 0) is 27.9 Å². The highest BCUT2D eigenvalue weighted by Gasteiger charge is 2.26. The molecule has 0 spiro atoms. The Balaban J connectivity index is 4.23. The molecule has 1 N–H and O–H groups in total. The van der Waals surface area contributed by atoms with Gasteiger partial charge >= 0.3 is 13.8 Å². The van der Waals surface area contributed by atoms with Crippen LogP contribution in [0, 0.1) is 0 Å². The molecule has 0 amide bonds. The predicted molar refractivity (Wildman–Crippen MR) is 229 cm³/mol. The summed E-state index contributed by atoms with van der Waals surface area (Å²) in [4.78, 5) is 22.9. The number of esters is 1. The zero-order chi connectivity index (χ0) is 39.9. The Morgan fingerprint density at radius 2 is 1.07 bits per heavy atom. The summed E-state index contributed by atoms with van der Waals surface area (Å²) >= 11 is 0. The van der Waals surface area contributed by atoms with E-state index in [0.717, 1.165) is 70.6 Å². The van der Waals surface area contributed by atoms with Crippen LogP contribution in [0.1, 0.15) is 187 Å². The largest absolute Gasteiger partial charge is 0.472 e. The van der Waals surface area contributed by atoms with Crippen LogP contribution in [0.5, 0.6) is 0 Å². The highest BCUT2D eigenvalue weighted by molar-refractivity contribution is 7.47. The second-order valence-corrected chi connectivity index (χ2v) is 17.5. The molecule has 0 aliphatic carbocycles. The number of likely N-dealkylation sites (N-methyl/N-ethyl adjacent to an activating group) is 1. The van der Waals surface area contributed by atoms with Crippen molar-refractivity contribution in [1.29, 1.82) is 0 Å². The second kappa shape index (κ2) is 38.6. The van der Waals surface area contributed by atoms with E-state index in [-0.39, 0.29) is 25.8 Å². The monoisotopic (exact) mass is 785 g/mol. The maximum absolute atomic E-state index is 12.7. The van der Waals surface area contributed by atoms with Crippen LogP contribution in [0.25, 0.3) is 0 Å². The number of unbranched alkanes of at least 4 members (excludes halogenated alkanes) is 21. The van der Waals surface area contributed by atoms with E-state index in [1.54, 1.807) is 0 Å². The average molecular weight is 785 g/mol. The first-order chi connectivity index (χ1) is 26.1. The van der Waals surface area contributed by atoms with Gasteiger partial charge in [-0.3, -0.25) is 13.8 Å². The van der Waals surface area contributed by atoms with Crippen LogP contribution in [0.2, 0.25) is 0 Å². The van der Waals surface area contributed by atoms with Gasteiger partial charge in [0.1, 0.15) is 19.3 Å². The van der Waals surface area contributed by atoms with Crippen LogP contribution in [-0.4, -0.2) is 75.6 Å². The van der Waals surface area contributed by atoms with Crippen LogP contribution >= 0.6 is 7.82 Å². The molecule has 0 bridgehead atoms. The zero-order valence-corrected chi connectivity index (χ0v) is 36.9. The first kappa shape index (κ1) is 52.7. The SMILES string of the molecule is CC/C=C\C/C=C\C/C=C\CCCCCCCC(=O)OC(COCCCCCCCCCCCCCCCCCCC)COP(=O)(O)OCC[N+](C)(C)C. The van der Waals surface area contributed by atoms with E-state index in [0.29, 0.717) is 24.1 Å². The molecule has 0 aliphatic heterocycles. The van der Waals surface area contributed by atoms with Crippen molar-refractivity contribution >= 4 is 13.8 Å². The predicted octanol–water partition coefficient (Wildman–Crippen LogP) is 13.0. The van der Waals surface area contributed by atoms with Gasteiger partial charge in [0, 0.05) is 13.0 Å². The number of phosphoric acid groups is 1. The number of hydrogen-bond donors (Lipinski definition) is 1. The van der Waals surface area contributed by atoms with Gasteiger partial charge in [-0.15, -0.1) is 0 Å². The molecule has 0 fully saturated rings. The van der Waals surface area contributed by atoms with Crippen LogP contribution in [0.3, 0.4) is 0 Å². The highest BCUT2D eigenvalue weighted by atomic mass is 31.2. The summed E-state index contributed by atoms with van der Waals surface area (Å²) in [5, 5.41) is 0. The van der Waals surface area contributed by atoms with E-state index >= 15 is 0 Å². The van der Waals surface area contributed by atoms with Crippen molar-refractivity contribution in [2.45, 2.75) is 193 Å². The molecule has 0 radical (unpaired) electrons. The summed E-state index contributed by atoms with van der Waals surface area (Å²) < 4.78 is 35.0. The van der Waals surface area contributed by atoms with Gasteiger partial charge in [0.15, 0.2) is 0 Å². The molecule has 318 valence electrons. The van der Waals surface area contributed by atoms with Crippen molar-refractivity contribution < 1.29 is 37.3 Å². The van der Waals surface area contributed by atoms with Crippen molar-refractivity contribution in [3.05, 3.63) is 36.5 Å². The van der Waals surface area contributed by atoms with Crippen LogP contribution in [0.4, 0.5) is 0 Å². The Labute approximate surface area is 334 Å². The van der Waals surface area contributed by atoms with Gasteiger partial charge in [0.2, 0.25) is 0 Å². The van der Waals surface area contributed by atoms with Gasteiger partial charge in [-0.25, -0.2) is 4.57 Å². The maximum Gasteiger partial charge on any atom is 0.472 e. The molecule has 0 aromatic carbocycles. The summed E-state index contributed by atoms with van der Waals surface area (Å²) in [5.41, 5.74) is 0. The van der Waals surface area contributed by atoms with Crippen molar-refractivity contribution in [2.75, 3.05) is 54.1 Å². The molecular formula is C45H87NO7P+. The minimum atomic E-state index is -4.28. The third kappa shape index (κ3) is 41.9. The zero-order valence-electron chi connectivity index (χ0n) is 36.0. The Kier molecular flexibility index (Phi) is 37.7. The molecule has 0 heterocycles. The summed E-state index contributed by atoms with van der Waals surface area (Å²) in [7, 11) is 1.66. The molecule has 9 heteroatoms. The topological polar surface area (TPSA) is 91.3 Å². The molecule has 2 unspecified atom stereocenters. The Hall–Kier alpha value is -1.28. The standard InChI is InChI=1S/C45H86NO7P/c1-6-8-10-12-14-16-18-20-22-23-25-27-29-31-33-35-37-40-50-42-44(43-52-54(48,49)51-41-39-46(3,4)5)53-45(47)38-36-34-32-30-28-26-24-21-19-17-15-13-11-9-7-2/h9,11,15,17,21,24,44H,6-8,10,12-14,16,18-20,22-23,25-43H2,1-5H3/p+1/b11-9-,17-15-,24-21-. The summed E-state index contributed by atoms with van der Waals surface area (Å²) in [5.74, 6) is -0.329. The van der Waals surface area contributed by atoms with E-state index < -0.39 is 13.9 Å². The molecule has 8 nitrogen and oxygen atoms in total. The van der Waals surface area contributed by atoms with Crippen molar-refractivity contribution in [3.63, 3.8) is 0 Å². The summed E-state index contributed by atoms with van der Waals surface area (Å²) in [6.45, 7) is 5.51. The molecule has 0 aliphatic rings. The molecular weight excluding hydrogens is 697 g/mol. The lowest BCUT2D eigenvalue weighted by atomic mass is 10.0. The highest BCUT2D eigenvalue weighted by Crippen LogP contribution is 2.43. The maximum atomic E-state index is 12.7. The first-order valence-corrected chi connectivity index (χ1v) is 23.7. The molecule has 0 rings (SSSR count). The molecule has 0 aromatic rings. The van der Waals surface area contributed by atoms with Crippen molar-refractivity contribution in [3.8, 4) is 0 Å². The molecule has 0 saturated carbocycles. The third-order valence-electron chi connectivity index (χ3n) is 9.47. The van der Waals surface area contributed by atoms with Gasteiger partial charge in [-0.1, -0.05) is 172 Å². The Bertz CT molecular complexity index is 962. The number of carbonyl (C=O) groups excluding carboxylic acids is 1. The lowest BCUT2D eigenvalue weighted by molar-refractivity contribution is -0.870. The Morgan fingerprint density at radius 3 is 1.61 bits per heavy atom. The molecule has 0 aromatic heterocycles. The van der Waals surface area contributed by atoms with Gasteiger partial charge in [-0.2, -0.15) is 0 Å². The number of carbonyl (C=O) groups is 1. The lowest BCUT2D eigenvalue weighted by Gasteiger charge is -2.24. The number of nitrogens with zero attached hydrogens (tertiary/aromatic N) is 1. The van der Waals surface area contributed by atoms with Gasteiger partial charge in [0.25, 0.3) is 0 Å². The fourth-order valence-electron chi connectivity index (χ4n) is 6.04. The normalized spacial score (nSPS) is 14.1. The number of phosphoric ester groups is 1. The first-order valence-electron chi connectivity index (χ1n) is 22.2. The lowest BCUT2D eigenvalue weighted by Crippen LogP contribution is -2.37. The van der Waals surface area contributed by atoms with Crippen molar-refractivity contribution in [1.82, 2.24) is 0 Å². The molecule has 2 atom stereocenters. The summed E-state index contributed by atoms with van der Waals surface area (Å²) in [6, 6.07) is 0. The number of rotatable bonds is 41. The van der Waals surface area contributed by atoms with Gasteiger partial charge in [0.05, 0.1) is 34.4 Å². The Morgan fingerprint density at radius 1 is 0.593 bits per heavy atom. The van der Waals surface area contributed by atoms with Gasteiger partial charge < -0.3 is 18.9 Å². The van der Waals surface area contributed by atoms with E-state index in [4.69, 9.17) is 18.5 Å². The number of quaternary nitrogens is 1. The number of hydrogen-bond acceptors (Lipinski definition) is 6. The van der Waals surface area contributed by atoms with Crippen LogP contribution < -0.4 is 0 Å². The van der Waals surface area contributed by atoms with E-state index in [1.807, 2.05) is 21.1 Å². The molecule has 54 heavy (non-hydrogen) atoms. The van der Waals surface area contributed by atoms with Crippen LogP contribution in [0.15, 0.2) is 36.5 Å². The smallest absolute Gasteiger partial charge is 0.457 e.